The molecule has 20 heavy (non-hydrogen) atoms. The number of aromatic amines is 1. The molecule has 106 valence electrons. The maximum absolute atomic E-state index is 5.93. The molecule has 2 atom stereocenters. The molecule has 2 fully saturated rings. The van der Waals surface area contributed by atoms with Crippen molar-refractivity contribution < 1.29 is 9.47 Å². The minimum atomic E-state index is 0.286. The highest BCUT2D eigenvalue weighted by atomic mass is 32.1. The Bertz CT molecular complexity index is 704. The normalized spacial score (nSPS) is 26.2. The second-order valence-electron chi connectivity index (χ2n) is 5.55. The second kappa shape index (κ2) is 4.56. The van der Waals surface area contributed by atoms with Crippen molar-refractivity contribution in [3.8, 4) is 5.88 Å². The van der Waals surface area contributed by atoms with E-state index in [1.165, 1.54) is 12.8 Å². The van der Waals surface area contributed by atoms with E-state index in [4.69, 9.17) is 21.7 Å². The first-order valence-electron chi connectivity index (χ1n) is 7.05. The van der Waals surface area contributed by atoms with E-state index < -0.39 is 0 Å². The maximum atomic E-state index is 5.93. The highest BCUT2D eigenvalue weighted by Gasteiger charge is 2.42. The minimum absolute atomic E-state index is 0.286. The monoisotopic (exact) mass is 291 g/mol. The number of imidazole rings is 1. The zero-order valence-electron chi connectivity index (χ0n) is 11.3. The number of nitrogens with one attached hydrogen (secondary N) is 1. The van der Waals surface area contributed by atoms with Crippen molar-refractivity contribution in [1.29, 1.82) is 0 Å². The molecule has 2 unspecified atom stereocenters. The fraction of sp³-hybridized carbons (Fsp3) is 0.571. The third-order valence-corrected chi connectivity index (χ3v) is 4.57. The lowest BCUT2D eigenvalue weighted by atomic mass is 10.1. The van der Waals surface area contributed by atoms with Crippen LogP contribution in [0.15, 0.2) is 12.1 Å². The van der Waals surface area contributed by atoms with Crippen molar-refractivity contribution >= 4 is 23.4 Å². The lowest BCUT2D eigenvalue weighted by Crippen LogP contribution is -2.22. The van der Waals surface area contributed by atoms with Crippen LogP contribution in [0.1, 0.15) is 25.3 Å². The van der Waals surface area contributed by atoms with Gasteiger partial charge in [-0.1, -0.05) is 0 Å². The lowest BCUT2D eigenvalue weighted by molar-refractivity contribution is 0.0755. The number of methoxy groups -OCH3 is 1. The smallest absolute Gasteiger partial charge is 0.215 e. The summed E-state index contributed by atoms with van der Waals surface area (Å²) >= 11 is 5.50. The van der Waals surface area contributed by atoms with Gasteiger partial charge in [-0.05, 0) is 43.5 Å². The third-order valence-electron chi connectivity index (χ3n) is 4.27. The minimum Gasteiger partial charge on any atom is -0.481 e. The van der Waals surface area contributed by atoms with Gasteiger partial charge in [0, 0.05) is 12.7 Å². The Morgan fingerprint density at radius 3 is 3.00 bits per heavy atom. The molecule has 1 N–H and O–H groups in total. The number of fused-ring (bicyclic) bond motifs is 1. The van der Waals surface area contributed by atoms with Crippen LogP contribution in [0.2, 0.25) is 0 Å². The zero-order chi connectivity index (χ0) is 13.7. The zero-order valence-corrected chi connectivity index (χ0v) is 12.2. The van der Waals surface area contributed by atoms with Gasteiger partial charge < -0.3 is 14.5 Å². The first kappa shape index (κ1) is 12.3. The van der Waals surface area contributed by atoms with Crippen molar-refractivity contribution in [3.63, 3.8) is 0 Å². The number of aromatic nitrogens is 3. The van der Waals surface area contributed by atoms with Crippen LogP contribution in [0.3, 0.4) is 0 Å². The first-order valence-corrected chi connectivity index (χ1v) is 7.45. The molecule has 5 nitrogen and oxygen atoms in total. The van der Waals surface area contributed by atoms with Gasteiger partial charge in [-0.2, -0.15) is 4.98 Å². The van der Waals surface area contributed by atoms with Crippen molar-refractivity contribution in [2.45, 2.75) is 31.4 Å². The maximum Gasteiger partial charge on any atom is 0.215 e. The SMILES string of the molecule is COc1ccc2[nH]c(=S)n(C3CCOC3C3CC3)c2n1. The molecule has 0 radical (unpaired) electrons. The summed E-state index contributed by atoms with van der Waals surface area (Å²) < 4.78 is 14.0. The molecule has 2 aromatic heterocycles. The van der Waals surface area contributed by atoms with Crippen LogP contribution < -0.4 is 4.74 Å². The number of pyridine rings is 1. The van der Waals surface area contributed by atoms with Gasteiger partial charge in [0.2, 0.25) is 5.88 Å². The Hall–Kier alpha value is -1.40. The van der Waals surface area contributed by atoms with Gasteiger partial charge in [0.05, 0.1) is 24.8 Å². The molecule has 2 aliphatic rings. The molecule has 0 spiro atoms. The molecule has 0 amide bonds. The Morgan fingerprint density at radius 1 is 1.40 bits per heavy atom. The predicted octanol–water partition coefficient (Wildman–Crippen LogP) is 2.84. The Balaban J connectivity index is 1.85. The summed E-state index contributed by atoms with van der Waals surface area (Å²) in [5, 5.41) is 0. The Kier molecular flexibility index (Phi) is 2.82. The van der Waals surface area contributed by atoms with Gasteiger partial charge in [-0.3, -0.25) is 4.57 Å². The fourth-order valence-electron chi connectivity index (χ4n) is 3.16. The molecule has 1 aliphatic heterocycles. The molecule has 3 heterocycles. The number of rotatable bonds is 3. The number of nitrogens with zero attached hydrogens (tertiary/aromatic N) is 2. The summed E-state index contributed by atoms with van der Waals surface area (Å²) in [7, 11) is 1.63. The molecule has 1 aliphatic carbocycles. The summed E-state index contributed by atoms with van der Waals surface area (Å²) in [6.07, 6.45) is 3.83. The fourth-order valence-corrected chi connectivity index (χ4v) is 3.49. The third kappa shape index (κ3) is 1.86. The quantitative estimate of drug-likeness (QED) is 0.884. The van der Waals surface area contributed by atoms with Gasteiger partial charge >= 0.3 is 0 Å². The van der Waals surface area contributed by atoms with Crippen molar-refractivity contribution in [1.82, 2.24) is 14.5 Å². The summed E-state index contributed by atoms with van der Waals surface area (Å²) in [5.74, 6) is 1.31. The Morgan fingerprint density at radius 2 is 2.25 bits per heavy atom. The van der Waals surface area contributed by atoms with E-state index in [1.54, 1.807) is 7.11 Å². The van der Waals surface area contributed by atoms with Crippen LogP contribution in [0.4, 0.5) is 0 Å². The molecule has 2 aromatic rings. The summed E-state index contributed by atoms with van der Waals surface area (Å²) in [5.41, 5.74) is 1.83. The van der Waals surface area contributed by atoms with Crippen LogP contribution in [-0.2, 0) is 4.74 Å². The summed E-state index contributed by atoms with van der Waals surface area (Å²) in [4.78, 5) is 7.80. The van der Waals surface area contributed by atoms with Crippen LogP contribution in [0.5, 0.6) is 5.88 Å². The second-order valence-corrected chi connectivity index (χ2v) is 5.94. The molecule has 6 heteroatoms. The van der Waals surface area contributed by atoms with Gasteiger partial charge in [-0.25, -0.2) is 0 Å². The van der Waals surface area contributed by atoms with E-state index in [-0.39, 0.29) is 6.10 Å². The molecule has 4 rings (SSSR count). The standard InChI is InChI=1S/C14H17N3O2S/c1-18-11-5-4-9-13(16-11)17(14(20)15-9)10-6-7-19-12(10)8-2-3-8/h4-5,8,10,12H,2-3,6-7H2,1H3,(H,15,20). The van der Waals surface area contributed by atoms with Gasteiger partial charge in [0.25, 0.3) is 0 Å². The molecular weight excluding hydrogens is 274 g/mol. The molecule has 0 bridgehead atoms. The van der Waals surface area contributed by atoms with Crippen LogP contribution in [0, 0.1) is 10.7 Å². The van der Waals surface area contributed by atoms with Crippen LogP contribution in [-0.4, -0.2) is 34.4 Å². The average molecular weight is 291 g/mol. The summed E-state index contributed by atoms with van der Waals surface area (Å²) in [6, 6.07) is 4.11. The molecular formula is C14H17N3O2S. The van der Waals surface area contributed by atoms with Gasteiger partial charge in [0.1, 0.15) is 0 Å². The van der Waals surface area contributed by atoms with Crippen LogP contribution >= 0.6 is 12.2 Å². The van der Waals surface area contributed by atoms with E-state index in [0.717, 1.165) is 29.0 Å². The molecule has 0 aromatic carbocycles. The first-order chi connectivity index (χ1) is 9.78. The van der Waals surface area contributed by atoms with E-state index in [2.05, 4.69) is 14.5 Å². The van der Waals surface area contributed by atoms with Crippen molar-refractivity contribution in [2.75, 3.05) is 13.7 Å². The number of ether oxygens (including phenoxy) is 2. The van der Waals surface area contributed by atoms with Gasteiger partial charge in [-0.15, -0.1) is 0 Å². The lowest BCUT2D eigenvalue weighted by Gasteiger charge is -2.19. The highest BCUT2D eigenvalue weighted by Crippen LogP contribution is 2.44. The predicted molar refractivity (Wildman–Crippen MR) is 77.6 cm³/mol. The Labute approximate surface area is 121 Å². The van der Waals surface area contributed by atoms with Gasteiger partial charge in [0.15, 0.2) is 10.4 Å². The number of hydrogen-bond donors (Lipinski definition) is 1. The number of hydrogen-bond acceptors (Lipinski definition) is 4. The van der Waals surface area contributed by atoms with E-state index >= 15 is 0 Å². The van der Waals surface area contributed by atoms with E-state index in [0.29, 0.717) is 17.8 Å². The van der Waals surface area contributed by atoms with Crippen LogP contribution in [0.25, 0.3) is 11.2 Å². The summed E-state index contributed by atoms with van der Waals surface area (Å²) in [6.45, 7) is 0.810. The van der Waals surface area contributed by atoms with E-state index in [1.807, 2.05) is 12.1 Å². The largest absolute Gasteiger partial charge is 0.481 e. The highest BCUT2D eigenvalue weighted by molar-refractivity contribution is 7.71. The van der Waals surface area contributed by atoms with E-state index in [9.17, 15) is 0 Å². The average Bonchev–Trinajstić information content (AvgIpc) is 3.10. The molecule has 1 saturated carbocycles. The number of H-pyrrole nitrogens is 1. The molecule has 1 saturated heterocycles. The topological polar surface area (TPSA) is 52.1 Å². The van der Waals surface area contributed by atoms with Crippen molar-refractivity contribution in [2.24, 2.45) is 5.92 Å². The van der Waals surface area contributed by atoms with Crippen molar-refractivity contribution in [3.05, 3.63) is 16.9 Å².